The largest absolute Gasteiger partial charge is 0.534 e. The van der Waals surface area contributed by atoms with Crippen LogP contribution in [0.2, 0.25) is 0 Å². The van der Waals surface area contributed by atoms with E-state index in [0.29, 0.717) is 11.1 Å². The number of amides is 1. The molecule has 3 aromatic rings. The van der Waals surface area contributed by atoms with Crippen molar-refractivity contribution in [2.24, 2.45) is 0 Å². The zero-order valence-corrected chi connectivity index (χ0v) is 18.2. The predicted molar refractivity (Wildman–Crippen MR) is 108 cm³/mol. The van der Waals surface area contributed by atoms with E-state index in [-0.39, 0.29) is 42.0 Å². The standard InChI is InChI=1S/C21H17F6NO5S/c1-12(29)28-9-8-16-17-11-15(33-34(30,31)21(25,26)27)6-7-18(17)32-19(16)10-13-2-4-14(5-3-13)20(22,23)24/h2-7,11H,8-10H2,1H3,(H,28,29). The summed E-state index contributed by atoms with van der Waals surface area (Å²) in [5.74, 6) is -0.652. The van der Waals surface area contributed by atoms with Gasteiger partial charge < -0.3 is 13.9 Å². The maximum Gasteiger partial charge on any atom is 0.534 e. The molecule has 0 fully saturated rings. The molecule has 3 rings (SSSR count). The lowest BCUT2D eigenvalue weighted by molar-refractivity contribution is -0.137. The fraction of sp³-hybridized carbons (Fsp3) is 0.286. The van der Waals surface area contributed by atoms with Crippen molar-refractivity contribution >= 4 is 27.0 Å². The van der Waals surface area contributed by atoms with E-state index in [1.54, 1.807) is 0 Å². The molecule has 1 heterocycles. The molecule has 0 aliphatic rings. The van der Waals surface area contributed by atoms with Gasteiger partial charge in [0.1, 0.15) is 17.1 Å². The van der Waals surface area contributed by atoms with Crippen molar-refractivity contribution in [1.82, 2.24) is 5.32 Å². The molecule has 0 atom stereocenters. The fourth-order valence-corrected chi connectivity index (χ4v) is 3.63. The lowest BCUT2D eigenvalue weighted by Gasteiger charge is -2.09. The Morgan fingerprint density at radius 3 is 2.24 bits per heavy atom. The maximum absolute atomic E-state index is 12.8. The van der Waals surface area contributed by atoms with Crippen LogP contribution in [0, 0.1) is 0 Å². The number of carbonyl (C=O) groups is 1. The van der Waals surface area contributed by atoms with Gasteiger partial charge in [-0.3, -0.25) is 4.79 Å². The molecular weight excluding hydrogens is 492 g/mol. The van der Waals surface area contributed by atoms with E-state index in [0.717, 1.165) is 24.3 Å². The van der Waals surface area contributed by atoms with Crippen LogP contribution in [0.15, 0.2) is 46.9 Å². The molecule has 1 N–H and O–H groups in total. The third-order valence-electron chi connectivity index (χ3n) is 4.73. The zero-order valence-electron chi connectivity index (χ0n) is 17.4. The lowest BCUT2D eigenvalue weighted by atomic mass is 10.0. The number of hydrogen-bond donors (Lipinski definition) is 1. The van der Waals surface area contributed by atoms with Crippen molar-refractivity contribution in [2.45, 2.75) is 31.5 Å². The average molecular weight is 509 g/mol. The molecule has 0 aliphatic carbocycles. The van der Waals surface area contributed by atoms with Gasteiger partial charge in [0.25, 0.3) is 0 Å². The van der Waals surface area contributed by atoms with Crippen LogP contribution in [0.5, 0.6) is 5.75 Å². The Morgan fingerprint density at radius 2 is 1.68 bits per heavy atom. The first kappa shape index (κ1) is 25.4. The van der Waals surface area contributed by atoms with Gasteiger partial charge in [-0.1, -0.05) is 12.1 Å². The Balaban J connectivity index is 1.98. The minimum atomic E-state index is -5.90. The fourth-order valence-electron chi connectivity index (χ4n) is 3.18. The summed E-state index contributed by atoms with van der Waals surface area (Å²) in [6.45, 7) is 1.40. The normalized spacial score (nSPS) is 12.7. The summed E-state index contributed by atoms with van der Waals surface area (Å²) in [4.78, 5) is 11.2. The highest BCUT2D eigenvalue weighted by molar-refractivity contribution is 7.88. The van der Waals surface area contributed by atoms with Crippen LogP contribution in [-0.2, 0) is 33.9 Å². The van der Waals surface area contributed by atoms with Crippen LogP contribution in [0.25, 0.3) is 11.0 Å². The third-order valence-corrected chi connectivity index (χ3v) is 5.71. The summed E-state index contributed by atoms with van der Waals surface area (Å²) in [7, 11) is -5.90. The number of hydrogen-bond acceptors (Lipinski definition) is 5. The van der Waals surface area contributed by atoms with Gasteiger partial charge in [-0.05, 0) is 42.3 Å². The number of carbonyl (C=O) groups excluding carboxylic acids is 1. The Hall–Kier alpha value is -3.22. The molecule has 0 bridgehead atoms. The van der Waals surface area contributed by atoms with Crippen LogP contribution in [-0.4, -0.2) is 26.4 Å². The topological polar surface area (TPSA) is 85.6 Å². The first-order chi connectivity index (χ1) is 15.7. The number of halogens is 6. The van der Waals surface area contributed by atoms with Crippen molar-refractivity contribution in [3.05, 3.63) is 64.9 Å². The Labute approximate surface area is 189 Å². The first-order valence-electron chi connectivity index (χ1n) is 9.63. The summed E-state index contributed by atoms with van der Waals surface area (Å²) in [5.41, 5.74) is -5.38. The van der Waals surface area contributed by atoms with E-state index >= 15 is 0 Å². The summed E-state index contributed by atoms with van der Waals surface area (Å²) in [5, 5.41) is 2.79. The summed E-state index contributed by atoms with van der Waals surface area (Å²) in [6, 6.07) is 7.59. The molecular formula is C21H17F6NO5S. The number of fused-ring (bicyclic) bond motifs is 1. The molecule has 34 heavy (non-hydrogen) atoms. The molecule has 0 saturated carbocycles. The molecule has 0 radical (unpaired) electrons. The minimum Gasteiger partial charge on any atom is -0.460 e. The SMILES string of the molecule is CC(=O)NCCc1c(Cc2ccc(C(F)(F)F)cc2)oc2ccc(OS(=O)(=O)C(F)(F)F)cc12. The van der Waals surface area contributed by atoms with Gasteiger partial charge >= 0.3 is 21.8 Å². The van der Waals surface area contributed by atoms with E-state index < -0.39 is 33.1 Å². The first-order valence-corrected chi connectivity index (χ1v) is 11.0. The van der Waals surface area contributed by atoms with Crippen LogP contribution in [0.1, 0.15) is 29.4 Å². The van der Waals surface area contributed by atoms with E-state index in [1.165, 1.54) is 25.1 Å². The maximum atomic E-state index is 12.8. The molecule has 184 valence electrons. The van der Waals surface area contributed by atoms with Crippen LogP contribution in [0.4, 0.5) is 26.3 Å². The van der Waals surface area contributed by atoms with E-state index in [4.69, 9.17) is 4.42 Å². The third kappa shape index (κ3) is 5.82. The monoisotopic (exact) mass is 509 g/mol. The molecule has 1 aromatic heterocycles. The minimum absolute atomic E-state index is 0.0409. The number of furan rings is 1. The van der Waals surface area contributed by atoms with Crippen molar-refractivity contribution < 1.29 is 48.2 Å². The number of alkyl halides is 6. The van der Waals surface area contributed by atoms with Crippen LogP contribution < -0.4 is 9.50 Å². The van der Waals surface area contributed by atoms with Crippen molar-refractivity contribution in [2.75, 3.05) is 6.54 Å². The van der Waals surface area contributed by atoms with E-state index in [9.17, 15) is 39.6 Å². The molecule has 0 saturated heterocycles. The van der Waals surface area contributed by atoms with Gasteiger partial charge in [-0.15, -0.1) is 0 Å². The number of rotatable bonds is 7. The highest BCUT2D eigenvalue weighted by Crippen LogP contribution is 2.34. The van der Waals surface area contributed by atoms with Gasteiger partial charge in [-0.25, -0.2) is 0 Å². The average Bonchev–Trinajstić information content (AvgIpc) is 3.03. The van der Waals surface area contributed by atoms with Gasteiger partial charge in [0.05, 0.1) is 5.56 Å². The van der Waals surface area contributed by atoms with Gasteiger partial charge in [0.15, 0.2) is 0 Å². The second-order valence-electron chi connectivity index (χ2n) is 7.25. The van der Waals surface area contributed by atoms with Crippen LogP contribution >= 0.6 is 0 Å². The zero-order chi connectivity index (χ0) is 25.3. The lowest BCUT2D eigenvalue weighted by Crippen LogP contribution is -2.28. The molecule has 6 nitrogen and oxygen atoms in total. The molecule has 0 unspecified atom stereocenters. The summed E-state index contributed by atoms with van der Waals surface area (Å²) in [6.07, 6.45) is -4.31. The predicted octanol–water partition coefficient (Wildman–Crippen LogP) is 4.95. The van der Waals surface area contributed by atoms with Gasteiger partial charge in [0, 0.05) is 30.8 Å². The highest BCUT2D eigenvalue weighted by Gasteiger charge is 2.48. The highest BCUT2D eigenvalue weighted by atomic mass is 32.2. The second kappa shape index (κ2) is 9.20. The van der Waals surface area contributed by atoms with E-state index in [1.807, 2.05) is 0 Å². The Kier molecular flexibility index (Phi) is 6.87. The number of nitrogens with one attached hydrogen (secondary N) is 1. The molecule has 0 aliphatic heterocycles. The molecule has 0 spiro atoms. The van der Waals surface area contributed by atoms with Crippen molar-refractivity contribution in [3.8, 4) is 5.75 Å². The van der Waals surface area contributed by atoms with Crippen molar-refractivity contribution in [3.63, 3.8) is 0 Å². The Morgan fingerprint density at radius 1 is 1.03 bits per heavy atom. The number of benzene rings is 2. The molecule has 2 aromatic carbocycles. The second-order valence-corrected chi connectivity index (χ2v) is 8.79. The van der Waals surface area contributed by atoms with Crippen molar-refractivity contribution in [1.29, 1.82) is 0 Å². The van der Waals surface area contributed by atoms with E-state index in [2.05, 4.69) is 9.50 Å². The Bertz CT molecular complexity index is 1290. The quantitative estimate of drug-likeness (QED) is 0.277. The van der Waals surface area contributed by atoms with Gasteiger partial charge in [0.2, 0.25) is 5.91 Å². The van der Waals surface area contributed by atoms with Crippen LogP contribution in [0.3, 0.4) is 0 Å². The molecule has 13 heteroatoms. The van der Waals surface area contributed by atoms with Gasteiger partial charge in [-0.2, -0.15) is 34.8 Å². The summed E-state index contributed by atoms with van der Waals surface area (Å²) >= 11 is 0. The summed E-state index contributed by atoms with van der Waals surface area (Å²) < 4.78 is 109. The molecule has 1 amide bonds. The smallest absolute Gasteiger partial charge is 0.460 e.